The van der Waals surface area contributed by atoms with Crippen LogP contribution < -0.4 is 0 Å². The van der Waals surface area contributed by atoms with E-state index in [1.54, 1.807) is 17.4 Å². The molecule has 0 saturated carbocycles. The molecular weight excluding hydrogens is 300 g/mol. The highest BCUT2D eigenvalue weighted by molar-refractivity contribution is 7.98. The number of carboxylic acid groups (broad SMARTS) is 1. The number of thiophene rings is 1. The Morgan fingerprint density at radius 3 is 3.00 bits per heavy atom. The van der Waals surface area contributed by atoms with E-state index < -0.39 is 5.97 Å². The molecule has 0 fully saturated rings. The van der Waals surface area contributed by atoms with E-state index in [4.69, 9.17) is 14.0 Å². The van der Waals surface area contributed by atoms with Crippen molar-refractivity contribution in [3.8, 4) is 11.5 Å². The van der Waals surface area contributed by atoms with Crippen molar-refractivity contribution in [2.75, 3.05) is 0 Å². The zero-order valence-corrected chi connectivity index (χ0v) is 11.6. The maximum absolute atomic E-state index is 10.7. The smallest absolute Gasteiger partial charge is 0.371 e. The maximum atomic E-state index is 10.7. The number of aromatic carboxylic acids is 1. The second-order valence-electron chi connectivity index (χ2n) is 3.74. The highest BCUT2D eigenvalue weighted by atomic mass is 32.2. The number of aromatic nitrogens is 2. The number of furan rings is 1. The number of carboxylic acids is 1. The van der Waals surface area contributed by atoms with Crippen LogP contribution in [-0.4, -0.2) is 21.2 Å². The van der Waals surface area contributed by atoms with Gasteiger partial charge in [0, 0.05) is 5.38 Å². The third kappa shape index (κ3) is 2.75. The van der Waals surface area contributed by atoms with E-state index in [0.717, 1.165) is 5.56 Å². The van der Waals surface area contributed by atoms with Crippen LogP contribution in [0.15, 0.2) is 43.0 Å². The highest BCUT2D eigenvalue weighted by Gasteiger charge is 2.12. The van der Waals surface area contributed by atoms with Crippen molar-refractivity contribution in [3.05, 3.63) is 40.5 Å². The molecule has 0 aliphatic heterocycles. The molecule has 0 radical (unpaired) electrons. The zero-order valence-electron chi connectivity index (χ0n) is 9.98. The molecule has 3 aromatic heterocycles. The van der Waals surface area contributed by atoms with Crippen molar-refractivity contribution in [3.63, 3.8) is 0 Å². The molecule has 8 heteroatoms. The number of nitrogens with zero attached hydrogens (tertiary/aromatic N) is 2. The van der Waals surface area contributed by atoms with Crippen LogP contribution in [0.2, 0.25) is 0 Å². The summed E-state index contributed by atoms with van der Waals surface area (Å²) in [6.45, 7) is 0. The lowest BCUT2D eigenvalue weighted by atomic mass is 10.3. The van der Waals surface area contributed by atoms with Gasteiger partial charge in [-0.15, -0.1) is 0 Å². The fourth-order valence-electron chi connectivity index (χ4n) is 1.46. The lowest BCUT2D eigenvalue weighted by Crippen LogP contribution is -1.91. The molecule has 1 N–H and O–H groups in total. The summed E-state index contributed by atoms with van der Waals surface area (Å²) in [5, 5.41) is 17.0. The predicted octanol–water partition coefficient (Wildman–Crippen LogP) is 3.38. The second kappa shape index (κ2) is 5.51. The van der Waals surface area contributed by atoms with Crippen LogP contribution in [0.4, 0.5) is 0 Å². The molecule has 0 bridgehead atoms. The summed E-state index contributed by atoms with van der Waals surface area (Å²) in [4.78, 5) is 14.9. The minimum absolute atomic E-state index is 0.0837. The Morgan fingerprint density at radius 2 is 2.30 bits per heavy atom. The summed E-state index contributed by atoms with van der Waals surface area (Å²) in [5.41, 5.74) is 0.893. The van der Waals surface area contributed by atoms with Crippen molar-refractivity contribution in [2.45, 2.75) is 10.8 Å². The minimum atomic E-state index is -1.09. The van der Waals surface area contributed by atoms with E-state index in [-0.39, 0.29) is 5.76 Å². The van der Waals surface area contributed by atoms with Crippen LogP contribution in [0.25, 0.3) is 11.5 Å². The number of thioether (sulfide) groups is 1. The molecule has 3 heterocycles. The summed E-state index contributed by atoms with van der Waals surface area (Å²) in [6.07, 6.45) is 0. The summed E-state index contributed by atoms with van der Waals surface area (Å²) < 4.78 is 10.3. The number of hydrogen-bond acceptors (Lipinski definition) is 7. The van der Waals surface area contributed by atoms with E-state index in [2.05, 4.69) is 10.1 Å². The van der Waals surface area contributed by atoms with Crippen LogP contribution in [-0.2, 0) is 5.75 Å². The van der Waals surface area contributed by atoms with Crippen molar-refractivity contribution < 1.29 is 18.8 Å². The van der Waals surface area contributed by atoms with Crippen molar-refractivity contribution >= 4 is 29.1 Å². The summed E-state index contributed by atoms with van der Waals surface area (Å²) >= 11 is 2.87. The maximum Gasteiger partial charge on any atom is 0.371 e. The first kappa shape index (κ1) is 12.9. The van der Waals surface area contributed by atoms with E-state index in [1.165, 1.54) is 17.8 Å². The molecule has 0 atom stereocenters. The van der Waals surface area contributed by atoms with Gasteiger partial charge in [-0.3, -0.25) is 0 Å². The summed E-state index contributed by atoms with van der Waals surface area (Å²) in [6, 6.07) is 4.92. The molecule has 0 aliphatic carbocycles. The molecule has 6 nitrogen and oxygen atoms in total. The van der Waals surface area contributed by atoms with Crippen LogP contribution in [0.1, 0.15) is 16.4 Å². The van der Waals surface area contributed by atoms with Gasteiger partial charge in [-0.25, -0.2) is 4.79 Å². The summed E-state index contributed by atoms with van der Waals surface area (Å²) in [5.74, 6) is 0.285. The Morgan fingerprint density at radius 1 is 1.40 bits per heavy atom. The Balaban J connectivity index is 1.65. The molecule has 0 aromatic carbocycles. The topological polar surface area (TPSA) is 89.4 Å². The van der Waals surface area contributed by atoms with Gasteiger partial charge in [0.1, 0.15) is 0 Å². The van der Waals surface area contributed by atoms with E-state index >= 15 is 0 Å². The first-order valence-electron chi connectivity index (χ1n) is 5.53. The standard InChI is InChI=1S/C12H8N2O4S2/c15-12(16)8-1-2-10(17-8)20-6-9-13-11(18-14-9)7-3-4-19-5-7/h1-5H,6H2,(H,15,16). The Kier molecular flexibility index (Phi) is 3.57. The third-order valence-corrected chi connectivity index (χ3v) is 3.96. The molecule has 102 valence electrons. The van der Waals surface area contributed by atoms with Crippen molar-refractivity contribution in [1.29, 1.82) is 0 Å². The quantitative estimate of drug-likeness (QED) is 0.722. The van der Waals surface area contributed by atoms with Crippen molar-refractivity contribution in [2.24, 2.45) is 0 Å². The first-order chi connectivity index (χ1) is 9.72. The fraction of sp³-hybridized carbons (Fsp3) is 0.0833. The molecule has 3 rings (SSSR count). The van der Waals surface area contributed by atoms with Gasteiger partial charge in [0.2, 0.25) is 5.76 Å². The Hall–Kier alpha value is -2.06. The lowest BCUT2D eigenvalue weighted by Gasteiger charge is -1.91. The molecule has 20 heavy (non-hydrogen) atoms. The average Bonchev–Trinajstić information content (AvgIpc) is 3.17. The normalized spacial score (nSPS) is 10.8. The van der Waals surface area contributed by atoms with Gasteiger partial charge >= 0.3 is 5.97 Å². The number of hydrogen-bond donors (Lipinski definition) is 1. The number of carbonyl (C=O) groups is 1. The molecule has 0 saturated heterocycles. The third-order valence-electron chi connectivity index (χ3n) is 2.37. The fourth-order valence-corrected chi connectivity index (χ4v) is 2.80. The Bertz CT molecular complexity index is 717. The van der Waals surface area contributed by atoms with E-state index in [9.17, 15) is 4.79 Å². The van der Waals surface area contributed by atoms with Crippen LogP contribution >= 0.6 is 23.1 Å². The van der Waals surface area contributed by atoms with Crippen LogP contribution in [0, 0.1) is 0 Å². The SMILES string of the molecule is O=C(O)c1ccc(SCc2noc(-c3ccsc3)n2)o1. The second-order valence-corrected chi connectivity index (χ2v) is 5.50. The largest absolute Gasteiger partial charge is 0.475 e. The van der Waals surface area contributed by atoms with Gasteiger partial charge < -0.3 is 14.0 Å². The molecule has 0 amide bonds. The molecule has 3 aromatic rings. The zero-order chi connectivity index (χ0) is 13.9. The van der Waals surface area contributed by atoms with Gasteiger partial charge in [0.25, 0.3) is 5.89 Å². The Labute approximate surface area is 121 Å². The van der Waals surface area contributed by atoms with Gasteiger partial charge in [-0.2, -0.15) is 16.3 Å². The van der Waals surface area contributed by atoms with Gasteiger partial charge in [-0.05, 0) is 23.6 Å². The lowest BCUT2D eigenvalue weighted by molar-refractivity contribution is 0.0656. The van der Waals surface area contributed by atoms with Crippen LogP contribution in [0.5, 0.6) is 0 Å². The molecule has 0 spiro atoms. The summed E-state index contributed by atoms with van der Waals surface area (Å²) in [7, 11) is 0. The minimum Gasteiger partial charge on any atom is -0.475 e. The van der Waals surface area contributed by atoms with E-state index in [0.29, 0.717) is 22.6 Å². The van der Waals surface area contributed by atoms with E-state index in [1.807, 2.05) is 16.8 Å². The van der Waals surface area contributed by atoms with Gasteiger partial charge in [-0.1, -0.05) is 16.9 Å². The first-order valence-corrected chi connectivity index (χ1v) is 7.46. The monoisotopic (exact) mass is 308 g/mol. The van der Waals surface area contributed by atoms with Crippen LogP contribution in [0.3, 0.4) is 0 Å². The number of rotatable bonds is 5. The van der Waals surface area contributed by atoms with Gasteiger partial charge in [0.15, 0.2) is 10.9 Å². The van der Waals surface area contributed by atoms with Gasteiger partial charge in [0.05, 0.1) is 11.3 Å². The van der Waals surface area contributed by atoms with Crippen molar-refractivity contribution in [1.82, 2.24) is 10.1 Å². The highest BCUT2D eigenvalue weighted by Crippen LogP contribution is 2.26. The molecule has 0 unspecified atom stereocenters. The molecule has 0 aliphatic rings. The predicted molar refractivity (Wildman–Crippen MR) is 72.8 cm³/mol. The average molecular weight is 308 g/mol. The molecular formula is C12H8N2O4S2.